The summed E-state index contributed by atoms with van der Waals surface area (Å²) in [6, 6.07) is 16.5. The number of likely N-dealkylation sites (N-methyl/N-ethyl adjacent to an activating group) is 1. The number of unbranched alkanes of at least 4 members (excludes halogenated alkanes) is 2. The first-order valence-electron chi connectivity index (χ1n) is 16.8. The zero-order chi connectivity index (χ0) is 36.4. The van der Waals surface area contributed by atoms with Crippen LogP contribution >= 0.6 is 0 Å². The van der Waals surface area contributed by atoms with Gasteiger partial charge in [-0.05, 0) is 68.8 Å². The summed E-state index contributed by atoms with van der Waals surface area (Å²) in [4.78, 5) is 42.7. The van der Waals surface area contributed by atoms with Gasteiger partial charge in [-0.15, -0.1) is 0 Å². The van der Waals surface area contributed by atoms with E-state index in [1.54, 1.807) is 54.3 Å². The molecule has 5 N–H and O–H groups in total. The maximum Gasteiger partial charge on any atom is 0.416 e. The Morgan fingerprint density at radius 2 is 1.60 bits per heavy atom. The van der Waals surface area contributed by atoms with Crippen LogP contribution in [0.25, 0.3) is 0 Å². The van der Waals surface area contributed by atoms with E-state index >= 15 is 0 Å². The molecule has 0 saturated heterocycles. The molecule has 0 unspecified atom stereocenters. The van der Waals surface area contributed by atoms with Crippen molar-refractivity contribution in [2.24, 2.45) is 5.92 Å². The van der Waals surface area contributed by atoms with Crippen LogP contribution in [0.5, 0.6) is 5.75 Å². The van der Waals surface area contributed by atoms with E-state index in [1.807, 2.05) is 18.9 Å². The Morgan fingerprint density at radius 3 is 2.22 bits per heavy atom. The largest absolute Gasteiger partial charge is 0.486 e. The van der Waals surface area contributed by atoms with E-state index in [1.165, 1.54) is 12.1 Å². The number of fused-ring (bicyclic) bond motifs is 1. The lowest BCUT2D eigenvalue weighted by Crippen LogP contribution is -2.49. The van der Waals surface area contributed by atoms with E-state index in [4.69, 9.17) is 10.5 Å². The maximum absolute atomic E-state index is 13.8. The normalized spacial score (nSPS) is 17.0. The Balaban J connectivity index is 1.42. The fourth-order valence-corrected chi connectivity index (χ4v) is 5.83. The maximum atomic E-state index is 13.8. The second-order valence-corrected chi connectivity index (χ2v) is 12.9. The van der Waals surface area contributed by atoms with Gasteiger partial charge in [0.05, 0.1) is 40.8 Å². The van der Waals surface area contributed by atoms with Crippen molar-refractivity contribution in [1.82, 2.24) is 9.80 Å². The van der Waals surface area contributed by atoms with E-state index < -0.39 is 23.9 Å². The molecule has 3 aromatic carbocycles. The molecular weight excluding hydrogens is 651 g/mol. The third-order valence-electron chi connectivity index (χ3n) is 8.73. The molecule has 0 fully saturated rings. The van der Waals surface area contributed by atoms with Gasteiger partial charge in [0, 0.05) is 38.4 Å². The predicted molar refractivity (Wildman–Crippen MR) is 187 cm³/mol. The molecule has 3 atom stereocenters. The van der Waals surface area contributed by atoms with Crippen LogP contribution in [-0.2, 0) is 22.3 Å². The highest BCUT2D eigenvalue weighted by molar-refractivity contribution is 6.01. The molecule has 13 heteroatoms. The summed E-state index contributed by atoms with van der Waals surface area (Å²) >= 11 is 0. The number of carbonyl (C=O) groups is 3. The number of rotatable bonds is 14. The molecule has 10 nitrogen and oxygen atoms in total. The number of aliphatic hydroxyl groups excluding tert-OH is 1. The summed E-state index contributed by atoms with van der Waals surface area (Å²) in [5, 5.41) is 15.7. The van der Waals surface area contributed by atoms with Gasteiger partial charge in [0.25, 0.3) is 5.91 Å². The minimum absolute atomic E-state index is 0.157. The van der Waals surface area contributed by atoms with E-state index in [0.29, 0.717) is 61.5 Å². The lowest BCUT2D eigenvalue weighted by atomic mass is 9.98. The number of halogens is 3. The number of nitrogens with one attached hydrogen (secondary N) is 2. The molecule has 3 aromatic rings. The highest BCUT2D eigenvalue weighted by Crippen LogP contribution is 2.35. The summed E-state index contributed by atoms with van der Waals surface area (Å²) in [7, 11) is 1.83. The fraction of sp³-hybridized carbons (Fsp3) is 0.432. The second kappa shape index (κ2) is 17.3. The minimum atomic E-state index is -4.42. The first-order chi connectivity index (χ1) is 23.8. The molecule has 1 heterocycles. The van der Waals surface area contributed by atoms with Crippen molar-refractivity contribution in [3.63, 3.8) is 0 Å². The Kier molecular flexibility index (Phi) is 13.3. The van der Waals surface area contributed by atoms with E-state index in [2.05, 4.69) is 10.6 Å². The number of nitrogens with zero attached hydrogens (tertiary/aromatic N) is 2. The number of para-hydroxylation sites is 3. The molecule has 1 aliphatic heterocycles. The summed E-state index contributed by atoms with van der Waals surface area (Å²) < 4.78 is 45.7. The van der Waals surface area contributed by atoms with Crippen LogP contribution in [0.2, 0.25) is 0 Å². The van der Waals surface area contributed by atoms with Crippen molar-refractivity contribution >= 4 is 34.8 Å². The van der Waals surface area contributed by atoms with Crippen molar-refractivity contribution in [1.29, 1.82) is 0 Å². The van der Waals surface area contributed by atoms with Crippen molar-refractivity contribution < 1.29 is 37.4 Å². The molecule has 0 bridgehead atoms. The van der Waals surface area contributed by atoms with Gasteiger partial charge in [0.15, 0.2) is 5.75 Å². The summed E-state index contributed by atoms with van der Waals surface area (Å²) in [5.74, 6) is -0.762. The van der Waals surface area contributed by atoms with Crippen molar-refractivity contribution in [2.45, 2.75) is 70.8 Å². The number of anilines is 3. The van der Waals surface area contributed by atoms with E-state index in [0.717, 1.165) is 12.1 Å². The number of ether oxygens (including phenoxy) is 1. The minimum Gasteiger partial charge on any atom is -0.486 e. The zero-order valence-electron chi connectivity index (χ0n) is 28.6. The topological polar surface area (TPSA) is 137 Å². The monoisotopic (exact) mass is 697 g/mol. The third-order valence-corrected chi connectivity index (χ3v) is 8.73. The molecule has 1 aliphatic rings. The smallest absolute Gasteiger partial charge is 0.416 e. The molecule has 0 aromatic heterocycles. The van der Waals surface area contributed by atoms with Crippen LogP contribution in [0, 0.1) is 5.92 Å². The number of amides is 3. The Bertz CT molecular complexity index is 1620. The molecule has 0 aliphatic carbocycles. The van der Waals surface area contributed by atoms with E-state index in [9.17, 15) is 32.7 Å². The van der Waals surface area contributed by atoms with E-state index in [-0.39, 0.29) is 54.4 Å². The first-order valence-corrected chi connectivity index (χ1v) is 16.8. The van der Waals surface area contributed by atoms with Crippen molar-refractivity contribution in [2.75, 3.05) is 43.1 Å². The number of aliphatic hydroxyl groups is 1. The molecule has 4 rings (SSSR count). The number of alkyl halides is 3. The number of benzene rings is 3. The van der Waals surface area contributed by atoms with Gasteiger partial charge >= 0.3 is 6.18 Å². The van der Waals surface area contributed by atoms with Gasteiger partial charge in [-0.3, -0.25) is 19.3 Å². The first kappa shape index (κ1) is 38.2. The van der Waals surface area contributed by atoms with Gasteiger partial charge in [0.1, 0.15) is 6.10 Å². The molecular formula is C37H46F3N5O5. The van der Waals surface area contributed by atoms with Crippen LogP contribution in [-0.4, -0.2) is 71.5 Å². The average Bonchev–Trinajstić information content (AvgIpc) is 3.07. The predicted octanol–water partition coefficient (Wildman–Crippen LogP) is 6.17. The summed E-state index contributed by atoms with van der Waals surface area (Å²) in [6.07, 6.45) is -2.66. The number of nitrogen functional groups attached to an aromatic ring is 1. The standard InChI is InChI=1S/C37H46F3N5O5/c1-24-20-45(25(2)23-46)36(49)28-10-9-13-31(43-34(48)15-6-4-5-14-33(47)42-30-12-8-7-11-29(30)41)35(28)50-32(24)22-44(3)21-26-16-18-27(19-17-26)37(38,39)40/h7-13,16-19,24-25,32,46H,4-6,14-15,20-23,41H2,1-3H3,(H,42,47)(H,43,48)/t24-,25+,32-/m0/s1. The SMILES string of the molecule is C[C@H](CO)N1C[C@H](C)[C@H](CN(C)Cc2ccc(C(F)(F)F)cc2)Oc2c(NC(=O)CCCCCC(=O)Nc3ccccc3N)cccc2C1=O. The highest BCUT2D eigenvalue weighted by Gasteiger charge is 2.35. The average molecular weight is 698 g/mol. The van der Waals surface area contributed by atoms with Crippen LogP contribution < -0.4 is 21.1 Å². The molecule has 0 saturated carbocycles. The summed E-state index contributed by atoms with van der Waals surface area (Å²) in [6.45, 7) is 4.46. The number of hydrogen-bond donors (Lipinski definition) is 4. The van der Waals surface area contributed by atoms with Crippen LogP contribution in [0.3, 0.4) is 0 Å². The van der Waals surface area contributed by atoms with Gasteiger partial charge in [-0.2, -0.15) is 13.2 Å². The molecule has 50 heavy (non-hydrogen) atoms. The van der Waals surface area contributed by atoms with Crippen LogP contribution in [0.1, 0.15) is 67.4 Å². The molecule has 270 valence electrons. The zero-order valence-corrected chi connectivity index (χ0v) is 28.6. The van der Waals surface area contributed by atoms with Gasteiger partial charge in [-0.1, -0.05) is 43.7 Å². The number of carbonyl (C=O) groups excluding carboxylic acids is 3. The third kappa shape index (κ3) is 10.4. The van der Waals surface area contributed by atoms with Crippen LogP contribution in [0.15, 0.2) is 66.7 Å². The Morgan fingerprint density at radius 1 is 0.980 bits per heavy atom. The fourth-order valence-electron chi connectivity index (χ4n) is 5.83. The van der Waals surface area contributed by atoms with Crippen LogP contribution in [0.4, 0.5) is 30.2 Å². The number of hydrogen-bond acceptors (Lipinski definition) is 7. The van der Waals surface area contributed by atoms with Gasteiger partial charge < -0.3 is 31.1 Å². The second-order valence-electron chi connectivity index (χ2n) is 12.9. The Labute approximate surface area is 290 Å². The lowest BCUT2D eigenvalue weighted by Gasteiger charge is -2.38. The van der Waals surface area contributed by atoms with Crippen molar-refractivity contribution in [3.05, 3.63) is 83.4 Å². The van der Waals surface area contributed by atoms with Gasteiger partial charge in [-0.25, -0.2) is 0 Å². The Hall–Kier alpha value is -4.62. The highest BCUT2D eigenvalue weighted by atomic mass is 19.4. The molecule has 0 radical (unpaired) electrons. The van der Waals surface area contributed by atoms with Crippen molar-refractivity contribution in [3.8, 4) is 5.75 Å². The lowest BCUT2D eigenvalue weighted by molar-refractivity contribution is -0.137. The molecule has 0 spiro atoms. The number of nitrogens with two attached hydrogens (primary N) is 1. The molecule has 3 amide bonds. The quantitative estimate of drug-likeness (QED) is 0.117. The summed E-state index contributed by atoms with van der Waals surface area (Å²) in [5.41, 5.74) is 7.49. The van der Waals surface area contributed by atoms with Gasteiger partial charge in [0.2, 0.25) is 11.8 Å².